The Morgan fingerprint density at radius 2 is 0.649 bits per heavy atom. The van der Waals surface area contributed by atoms with Crippen molar-refractivity contribution in [1.29, 1.82) is 0 Å². The fourth-order valence-electron chi connectivity index (χ4n) is 11.6. The molecule has 12 rings (SSSR count). The van der Waals surface area contributed by atoms with Crippen LogP contribution in [0.25, 0.3) is 33.4 Å². The van der Waals surface area contributed by atoms with Crippen LogP contribution >= 0.6 is 0 Å². The van der Waals surface area contributed by atoms with Gasteiger partial charge in [0, 0.05) is 35.4 Å². The van der Waals surface area contributed by atoms with Crippen LogP contribution in [0.4, 0.5) is 14.4 Å². The van der Waals surface area contributed by atoms with Crippen LogP contribution in [0, 0.1) is 0 Å². The minimum Gasteiger partial charge on any atom is -0.508 e. The first kappa shape index (κ1) is 76.8. The second-order valence-corrected chi connectivity index (χ2v) is 21.8. The summed E-state index contributed by atoms with van der Waals surface area (Å²) in [5.41, 5.74) is 32.5. The summed E-state index contributed by atoms with van der Waals surface area (Å²) < 4.78 is 27.8. The molecule has 97 heavy (non-hydrogen) atoms. The summed E-state index contributed by atoms with van der Waals surface area (Å²) in [6.07, 6.45) is -0.462. The molecule has 0 spiro atoms. The number of hydrogen-bond donors (Lipinski definition) is 8. The lowest BCUT2D eigenvalue weighted by Crippen LogP contribution is -2.30. The Morgan fingerprint density at radius 3 is 0.979 bits per heavy atom. The van der Waals surface area contributed by atoms with Crippen LogP contribution in [0.5, 0.6) is 17.2 Å². The van der Waals surface area contributed by atoms with E-state index in [1.807, 2.05) is 109 Å². The van der Waals surface area contributed by atoms with Gasteiger partial charge in [0.2, 0.25) is 11.8 Å². The van der Waals surface area contributed by atoms with Gasteiger partial charge in [0.05, 0.1) is 32.5 Å². The number of benzene rings is 9. The highest BCUT2D eigenvalue weighted by Crippen LogP contribution is 2.47. The SMILES string of the molecule is C.C.C.C.NC(=O)Cc1ccccc1O.NC(=O)Cc1ccccc1OCCNC(=O)OCC1c2ccccc2-c2ccccc21.NCCc1ccccc1OCCNC(=O)OCC1c2ccccc2-c2ccccc21.O=C(NCCO)OCC1c2ccccc2-c2ccccc21. The van der Waals surface area contributed by atoms with E-state index in [0.717, 1.165) is 23.3 Å². The van der Waals surface area contributed by atoms with Crippen molar-refractivity contribution >= 4 is 30.1 Å². The normalized spacial score (nSPS) is 11.4. The zero-order valence-corrected chi connectivity index (χ0v) is 51.4. The van der Waals surface area contributed by atoms with E-state index < -0.39 is 30.1 Å². The van der Waals surface area contributed by atoms with Crippen LogP contribution in [-0.4, -0.2) is 106 Å². The number of phenols is 1. The van der Waals surface area contributed by atoms with E-state index in [1.54, 1.807) is 30.3 Å². The number of amides is 5. The summed E-state index contributed by atoms with van der Waals surface area (Å²) in [6.45, 7) is 2.81. The van der Waals surface area contributed by atoms with Crippen LogP contribution in [0.2, 0.25) is 0 Å². The van der Waals surface area contributed by atoms with Crippen molar-refractivity contribution in [3.05, 3.63) is 268 Å². The van der Waals surface area contributed by atoms with Crippen molar-refractivity contribution < 1.29 is 57.9 Å². The van der Waals surface area contributed by atoms with Gasteiger partial charge in [0.1, 0.15) is 50.3 Å². The molecule has 3 aliphatic rings. The molecule has 11 N–H and O–H groups in total. The topological polar surface area (TPSA) is 286 Å². The lowest BCUT2D eigenvalue weighted by atomic mass is 9.98. The number of carbonyl (C=O) groups excluding carboxylic acids is 5. The highest BCUT2D eigenvalue weighted by atomic mass is 16.6. The first-order valence-electron chi connectivity index (χ1n) is 30.7. The Kier molecular flexibility index (Phi) is 30.9. The number of alkyl carbamates (subject to hydrolysis) is 3. The zero-order chi connectivity index (χ0) is 65.3. The van der Waals surface area contributed by atoms with Crippen LogP contribution in [0.1, 0.15) is 97.5 Å². The fraction of sp³-hybridized carbons (Fsp3) is 0.253. The van der Waals surface area contributed by atoms with Crippen LogP contribution in [0.15, 0.2) is 218 Å². The van der Waals surface area contributed by atoms with E-state index in [4.69, 9.17) is 51.1 Å². The third-order valence-corrected chi connectivity index (χ3v) is 15.7. The van der Waals surface area contributed by atoms with E-state index in [-0.39, 0.29) is 99.0 Å². The molecule has 0 atom stereocenters. The number of fused-ring (bicyclic) bond motifs is 9. The van der Waals surface area contributed by atoms with Gasteiger partial charge in [0.25, 0.3) is 0 Å². The summed E-state index contributed by atoms with van der Waals surface area (Å²) >= 11 is 0. The maximum Gasteiger partial charge on any atom is 0.407 e. The molecule has 0 saturated carbocycles. The number of aliphatic hydroxyl groups is 1. The lowest BCUT2D eigenvalue weighted by Gasteiger charge is -2.15. The highest BCUT2D eigenvalue weighted by molar-refractivity contribution is 5.82. The number of ether oxygens (including phenoxy) is 5. The Bertz CT molecular complexity index is 3870. The maximum absolute atomic E-state index is 12.2. The minimum absolute atomic E-state index is 0. The van der Waals surface area contributed by atoms with Crippen LogP contribution in [-0.2, 0) is 43.1 Å². The average Bonchev–Trinajstić information content (AvgIpc) is 1.64. The Hall–Kier alpha value is -11.0. The Morgan fingerprint density at radius 1 is 0.371 bits per heavy atom. The number of carbonyl (C=O) groups is 5. The number of nitrogens with one attached hydrogen (secondary N) is 3. The summed E-state index contributed by atoms with van der Waals surface area (Å²) in [5.74, 6) is 0.786. The number of aliphatic hydroxyl groups excluding tert-OH is 1. The van der Waals surface area contributed by atoms with Crippen molar-refractivity contribution in [2.45, 2.75) is 66.7 Å². The summed E-state index contributed by atoms with van der Waals surface area (Å²) in [4.78, 5) is 57.5. The van der Waals surface area contributed by atoms with Gasteiger partial charge in [-0.1, -0.05) is 230 Å². The van der Waals surface area contributed by atoms with Gasteiger partial charge < -0.3 is 67.0 Å². The molecule has 3 aliphatic carbocycles. The van der Waals surface area contributed by atoms with Crippen molar-refractivity contribution in [1.82, 2.24) is 16.0 Å². The number of aromatic hydroxyl groups is 1. The van der Waals surface area contributed by atoms with Gasteiger partial charge in [0.15, 0.2) is 0 Å². The molecule has 0 bridgehead atoms. The fourth-order valence-corrected chi connectivity index (χ4v) is 11.6. The number of hydrogen-bond acceptors (Lipinski definition) is 13. The summed E-state index contributed by atoms with van der Waals surface area (Å²) in [6, 6.07) is 71.0. The molecule has 0 saturated heterocycles. The zero-order valence-electron chi connectivity index (χ0n) is 51.4. The molecule has 0 fully saturated rings. The molecule has 510 valence electrons. The molecule has 9 aromatic rings. The van der Waals surface area contributed by atoms with Crippen LogP contribution < -0.4 is 42.6 Å². The standard InChI is InChI=1S/C25H24N2O4.C25H26N2O3.C17H17NO3.C8H9NO2.4CH4/c26-24(28)15-17-7-1-6-12-23(17)30-14-13-27-25(29)31-16-22-20-10-4-2-8-18(20)19-9-3-5-11-21(19)22;26-14-13-18-7-1-6-12-24(18)29-16-15-27-25(28)30-17-23-21-10-4-2-8-19(21)20-9-3-5-11-22(20)23;19-10-9-18-17(20)21-11-16-14-7-3-1-5-12(14)13-6-2-4-8-15(13)16;9-8(11)5-6-3-1-2-4-7(6)10;;;;/h1-12,22H,13-16H2,(H2,26,28)(H,27,29);1-12,23H,13-17,26H2,(H,27,28);1-8,16,19H,9-11H2,(H,18,20);1-4,10H,5H2,(H2,9,11);4*1H4. The van der Waals surface area contributed by atoms with E-state index >= 15 is 0 Å². The van der Waals surface area contributed by atoms with Gasteiger partial charge in [-0.25, -0.2) is 14.4 Å². The smallest absolute Gasteiger partial charge is 0.407 e. The van der Waals surface area contributed by atoms with Gasteiger partial charge in [-0.2, -0.15) is 0 Å². The third-order valence-electron chi connectivity index (χ3n) is 15.7. The molecule has 9 aromatic carbocycles. The van der Waals surface area contributed by atoms with Crippen molar-refractivity contribution in [2.75, 3.05) is 65.8 Å². The first-order chi connectivity index (χ1) is 45.4. The molecule has 18 nitrogen and oxygen atoms in total. The average molecular weight is 1320 g/mol. The first-order valence-corrected chi connectivity index (χ1v) is 30.7. The van der Waals surface area contributed by atoms with Crippen molar-refractivity contribution in [3.63, 3.8) is 0 Å². The molecule has 5 amide bonds. The minimum atomic E-state index is -0.495. The predicted molar refractivity (Wildman–Crippen MR) is 384 cm³/mol. The molecule has 0 unspecified atom stereocenters. The van der Waals surface area contributed by atoms with Gasteiger partial charge in [-0.15, -0.1) is 0 Å². The number of nitrogens with two attached hydrogens (primary N) is 3. The van der Waals surface area contributed by atoms with E-state index in [1.165, 1.54) is 72.8 Å². The van der Waals surface area contributed by atoms with E-state index in [2.05, 4.69) is 88.7 Å². The molecule has 18 heteroatoms. The number of para-hydroxylation sites is 3. The van der Waals surface area contributed by atoms with Gasteiger partial charge in [-0.3, -0.25) is 9.59 Å². The summed E-state index contributed by atoms with van der Waals surface area (Å²) in [5, 5.41) is 25.8. The molecular weight excluding hydrogens is 1220 g/mol. The molecule has 0 heterocycles. The van der Waals surface area contributed by atoms with E-state index in [0.29, 0.717) is 44.2 Å². The molecule has 0 aliphatic heterocycles. The molecule has 0 aromatic heterocycles. The monoisotopic (exact) mass is 1320 g/mol. The number of primary amides is 2. The third kappa shape index (κ3) is 20.8. The van der Waals surface area contributed by atoms with Gasteiger partial charge >= 0.3 is 18.3 Å². The lowest BCUT2D eigenvalue weighted by molar-refractivity contribution is -0.118. The van der Waals surface area contributed by atoms with Crippen molar-refractivity contribution in [2.24, 2.45) is 17.2 Å². The summed E-state index contributed by atoms with van der Waals surface area (Å²) in [7, 11) is 0. The van der Waals surface area contributed by atoms with Gasteiger partial charge in [-0.05, 0) is 103 Å². The maximum atomic E-state index is 12.2. The largest absolute Gasteiger partial charge is 0.508 e. The second-order valence-electron chi connectivity index (χ2n) is 21.8. The second kappa shape index (κ2) is 39.0. The Balaban J connectivity index is 0.000000242. The van der Waals surface area contributed by atoms with Crippen LogP contribution in [0.3, 0.4) is 0 Å². The Labute approximate surface area is 570 Å². The highest BCUT2D eigenvalue weighted by Gasteiger charge is 2.32. The molecule has 0 radical (unpaired) electrons. The molecular formula is C79H92N6O12. The number of rotatable bonds is 22. The number of phenolic OH excluding ortho intramolecular Hbond substituents is 1. The van der Waals surface area contributed by atoms with E-state index in [9.17, 15) is 24.0 Å². The van der Waals surface area contributed by atoms with Crippen molar-refractivity contribution in [3.8, 4) is 50.6 Å². The predicted octanol–water partition coefficient (Wildman–Crippen LogP) is 13.2. The quantitative estimate of drug-likeness (QED) is 0.0232.